The van der Waals surface area contributed by atoms with Crippen LogP contribution in [0.2, 0.25) is 0 Å². The third kappa shape index (κ3) is 7.33. The molecule has 2 rings (SSSR count). The van der Waals surface area contributed by atoms with Crippen molar-refractivity contribution in [3.8, 4) is 5.75 Å². The first-order chi connectivity index (χ1) is 13.1. The number of ether oxygens (including phenoxy) is 1. The van der Waals surface area contributed by atoms with Gasteiger partial charge in [0.2, 0.25) is 5.91 Å². The Kier molecular flexibility index (Phi) is 8.69. The molecule has 0 saturated heterocycles. The highest BCUT2D eigenvalue weighted by Gasteiger charge is 2.08. The molecule has 2 N–H and O–H groups in total. The number of hydrogen-bond donors (Lipinski definition) is 2. The number of rotatable bonds is 11. The fourth-order valence-corrected chi connectivity index (χ4v) is 2.92. The monoisotopic (exact) mass is 368 g/mol. The summed E-state index contributed by atoms with van der Waals surface area (Å²) in [5.74, 6) is 1.12. The Bertz CT molecular complexity index is 713. The normalized spacial score (nSPS) is 10.7. The smallest absolute Gasteiger partial charge is 0.243 e. The molecule has 0 unspecified atom stereocenters. The maximum Gasteiger partial charge on any atom is 0.243 e. The SMILES string of the molecule is CCCCCCOc1cccc(NC(=O)CNc2ccccc2C(C)C)c1. The van der Waals surface area contributed by atoms with E-state index < -0.39 is 0 Å². The second kappa shape index (κ2) is 11.3. The van der Waals surface area contributed by atoms with E-state index in [0.29, 0.717) is 12.5 Å². The summed E-state index contributed by atoms with van der Waals surface area (Å²) in [4.78, 5) is 12.3. The Morgan fingerprint density at radius 2 is 1.85 bits per heavy atom. The molecule has 146 valence electrons. The van der Waals surface area contributed by atoms with Gasteiger partial charge in [-0.1, -0.05) is 64.3 Å². The molecule has 0 aliphatic carbocycles. The van der Waals surface area contributed by atoms with Crippen molar-refractivity contribution >= 4 is 17.3 Å². The summed E-state index contributed by atoms with van der Waals surface area (Å²) in [5, 5.41) is 6.17. The van der Waals surface area contributed by atoms with Crippen LogP contribution in [0.5, 0.6) is 5.75 Å². The number of hydrogen-bond acceptors (Lipinski definition) is 3. The summed E-state index contributed by atoms with van der Waals surface area (Å²) in [6.45, 7) is 7.43. The van der Waals surface area contributed by atoms with Crippen LogP contribution in [0.4, 0.5) is 11.4 Å². The second-order valence-electron chi connectivity index (χ2n) is 7.08. The summed E-state index contributed by atoms with van der Waals surface area (Å²) in [7, 11) is 0. The van der Waals surface area contributed by atoms with Gasteiger partial charge in [0.15, 0.2) is 0 Å². The van der Waals surface area contributed by atoms with Crippen molar-refractivity contribution in [1.29, 1.82) is 0 Å². The van der Waals surface area contributed by atoms with E-state index in [1.807, 2.05) is 42.5 Å². The number of para-hydroxylation sites is 1. The number of anilines is 2. The van der Waals surface area contributed by atoms with Crippen molar-refractivity contribution in [3.63, 3.8) is 0 Å². The Hall–Kier alpha value is -2.49. The second-order valence-corrected chi connectivity index (χ2v) is 7.08. The minimum absolute atomic E-state index is 0.0753. The van der Waals surface area contributed by atoms with Crippen molar-refractivity contribution in [3.05, 3.63) is 54.1 Å². The van der Waals surface area contributed by atoms with Crippen molar-refractivity contribution in [2.24, 2.45) is 0 Å². The molecule has 2 aromatic carbocycles. The highest BCUT2D eigenvalue weighted by molar-refractivity contribution is 5.94. The molecule has 4 nitrogen and oxygen atoms in total. The van der Waals surface area contributed by atoms with Gasteiger partial charge in [0.25, 0.3) is 0 Å². The van der Waals surface area contributed by atoms with Crippen LogP contribution in [-0.2, 0) is 4.79 Å². The highest BCUT2D eigenvalue weighted by atomic mass is 16.5. The summed E-state index contributed by atoms with van der Waals surface area (Å²) in [6, 6.07) is 15.7. The number of carbonyl (C=O) groups is 1. The van der Waals surface area contributed by atoms with Crippen LogP contribution in [0.15, 0.2) is 48.5 Å². The molecule has 27 heavy (non-hydrogen) atoms. The summed E-state index contributed by atoms with van der Waals surface area (Å²) in [6.07, 6.45) is 4.71. The molecule has 4 heteroatoms. The van der Waals surface area contributed by atoms with Crippen LogP contribution in [0.1, 0.15) is 57.9 Å². The van der Waals surface area contributed by atoms with Gasteiger partial charge < -0.3 is 15.4 Å². The predicted octanol–water partition coefficient (Wildman–Crippen LogP) is 5.82. The van der Waals surface area contributed by atoms with Crippen molar-refractivity contribution in [1.82, 2.24) is 0 Å². The van der Waals surface area contributed by atoms with E-state index in [1.54, 1.807) is 0 Å². The lowest BCUT2D eigenvalue weighted by molar-refractivity contribution is -0.114. The minimum atomic E-state index is -0.0753. The van der Waals surface area contributed by atoms with Gasteiger partial charge in [-0.3, -0.25) is 4.79 Å². The molecule has 0 aliphatic rings. The summed E-state index contributed by atoms with van der Waals surface area (Å²) in [5.41, 5.74) is 2.97. The van der Waals surface area contributed by atoms with Gasteiger partial charge in [0.1, 0.15) is 5.75 Å². The number of amides is 1. The molecule has 0 heterocycles. The molecule has 0 saturated carbocycles. The molecule has 0 atom stereocenters. The zero-order chi connectivity index (χ0) is 19.5. The molecule has 0 fully saturated rings. The Balaban J connectivity index is 1.83. The van der Waals surface area contributed by atoms with Gasteiger partial charge in [-0.15, -0.1) is 0 Å². The topological polar surface area (TPSA) is 50.4 Å². The van der Waals surface area contributed by atoms with Crippen LogP contribution in [-0.4, -0.2) is 19.1 Å². The molecule has 0 aromatic heterocycles. The third-order valence-corrected chi connectivity index (χ3v) is 4.41. The maximum absolute atomic E-state index is 12.3. The third-order valence-electron chi connectivity index (χ3n) is 4.41. The average molecular weight is 369 g/mol. The van der Waals surface area contributed by atoms with Gasteiger partial charge in [-0.05, 0) is 36.1 Å². The molecule has 0 bridgehead atoms. The predicted molar refractivity (Wildman–Crippen MR) is 114 cm³/mol. The molecule has 0 aliphatic heterocycles. The van der Waals surface area contributed by atoms with E-state index in [0.717, 1.165) is 23.5 Å². The van der Waals surface area contributed by atoms with E-state index >= 15 is 0 Å². The first-order valence-electron chi connectivity index (χ1n) is 9.95. The molecular weight excluding hydrogens is 336 g/mol. The lowest BCUT2D eigenvalue weighted by Crippen LogP contribution is -2.22. The van der Waals surface area contributed by atoms with E-state index in [4.69, 9.17) is 4.74 Å². The maximum atomic E-state index is 12.3. The van der Waals surface area contributed by atoms with Crippen LogP contribution < -0.4 is 15.4 Å². The van der Waals surface area contributed by atoms with Gasteiger partial charge >= 0.3 is 0 Å². The average Bonchev–Trinajstić information content (AvgIpc) is 2.66. The highest BCUT2D eigenvalue weighted by Crippen LogP contribution is 2.23. The first-order valence-corrected chi connectivity index (χ1v) is 9.95. The van der Waals surface area contributed by atoms with Crippen LogP contribution >= 0.6 is 0 Å². The Morgan fingerprint density at radius 1 is 1.04 bits per heavy atom. The lowest BCUT2D eigenvalue weighted by Gasteiger charge is -2.14. The summed E-state index contributed by atoms with van der Waals surface area (Å²) < 4.78 is 5.78. The number of nitrogens with one attached hydrogen (secondary N) is 2. The van der Waals surface area contributed by atoms with E-state index in [-0.39, 0.29) is 12.5 Å². The quantitative estimate of drug-likeness (QED) is 0.491. The van der Waals surface area contributed by atoms with Crippen molar-refractivity contribution in [2.75, 3.05) is 23.8 Å². The van der Waals surface area contributed by atoms with E-state index in [1.165, 1.54) is 24.8 Å². The summed E-state index contributed by atoms with van der Waals surface area (Å²) >= 11 is 0. The largest absolute Gasteiger partial charge is 0.494 e. The molecule has 0 spiro atoms. The van der Waals surface area contributed by atoms with Gasteiger partial charge in [-0.25, -0.2) is 0 Å². The lowest BCUT2D eigenvalue weighted by atomic mass is 10.0. The number of carbonyl (C=O) groups excluding carboxylic acids is 1. The Labute approximate surface area is 163 Å². The zero-order valence-corrected chi connectivity index (χ0v) is 16.8. The Morgan fingerprint density at radius 3 is 2.63 bits per heavy atom. The fourth-order valence-electron chi connectivity index (χ4n) is 2.92. The first kappa shape index (κ1) is 20.8. The van der Waals surface area contributed by atoms with E-state index in [2.05, 4.69) is 37.5 Å². The number of benzene rings is 2. The molecule has 0 radical (unpaired) electrons. The van der Waals surface area contributed by atoms with Gasteiger partial charge in [-0.2, -0.15) is 0 Å². The zero-order valence-electron chi connectivity index (χ0n) is 16.8. The van der Waals surface area contributed by atoms with Gasteiger partial charge in [0.05, 0.1) is 13.2 Å². The van der Waals surface area contributed by atoms with Crippen molar-refractivity contribution < 1.29 is 9.53 Å². The molecule has 2 aromatic rings. The van der Waals surface area contributed by atoms with Crippen LogP contribution in [0, 0.1) is 0 Å². The van der Waals surface area contributed by atoms with E-state index in [9.17, 15) is 4.79 Å². The fraction of sp³-hybridized carbons (Fsp3) is 0.435. The molecule has 1 amide bonds. The van der Waals surface area contributed by atoms with Crippen molar-refractivity contribution in [2.45, 2.75) is 52.4 Å². The standard InChI is InChI=1S/C23H32N2O2/c1-4-5-6-9-15-27-20-12-10-11-19(16-20)25-23(26)17-24-22-14-8-7-13-21(22)18(2)3/h7-8,10-14,16,18,24H,4-6,9,15,17H2,1-3H3,(H,25,26). The minimum Gasteiger partial charge on any atom is -0.494 e. The molecular formula is C23H32N2O2. The van der Waals surface area contributed by atoms with Crippen LogP contribution in [0.25, 0.3) is 0 Å². The number of unbranched alkanes of at least 4 members (excludes halogenated alkanes) is 3. The van der Waals surface area contributed by atoms with Crippen LogP contribution in [0.3, 0.4) is 0 Å². The van der Waals surface area contributed by atoms with Gasteiger partial charge in [0, 0.05) is 17.4 Å².